The topological polar surface area (TPSA) is 66.4 Å². The fraction of sp³-hybridized carbons (Fsp3) is 0.500. The van der Waals surface area contributed by atoms with Crippen molar-refractivity contribution >= 4 is 17.6 Å². The number of anilines is 1. The van der Waals surface area contributed by atoms with Gasteiger partial charge in [0.2, 0.25) is 5.91 Å². The summed E-state index contributed by atoms with van der Waals surface area (Å²) in [5, 5.41) is 11.6. The lowest BCUT2D eigenvalue weighted by molar-refractivity contribution is -0.140. The Morgan fingerprint density at radius 1 is 1.29 bits per heavy atom. The summed E-state index contributed by atoms with van der Waals surface area (Å²) in [5.41, 5.74) is 0.534. The van der Waals surface area contributed by atoms with Crippen molar-refractivity contribution in [1.82, 2.24) is 0 Å². The van der Waals surface area contributed by atoms with E-state index < -0.39 is 17.2 Å². The van der Waals surface area contributed by atoms with Crippen molar-refractivity contribution in [2.45, 2.75) is 45.4 Å². The fourth-order valence-electron chi connectivity index (χ4n) is 3.13. The number of hydrogen-bond donors (Lipinski definition) is 2. The minimum Gasteiger partial charge on any atom is -0.481 e. The van der Waals surface area contributed by atoms with Crippen LogP contribution in [0.3, 0.4) is 0 Å². The number of benzene rings is 1. The zero-order valence-electron chi connectivity index (χ0n) is 12.1. The molecule has 1 aliphatic carbocycles. The van der Waals surface area contributed by atoms with Crippen molar-refractivity contribution in [3.05, 3.63) is 29.6 Å². The maximum atomic E-state index is 13.6. The summed E-state index contributed by atoms with van der Waals surface area (Å²) in [6, 6.07) is 4.52. The van der Waals surface area contributed by atoms with Gasteiger partial charge in [-0.3, -0.25) is 9.59 Å². The highest BCUT2D eigenvalue weighted by Crippen LogP contribution is 2.44. The Labute approximate surface area is 123 Å². The van der Waals surface area contributed by atoms with Gasteiger partial charge in [0.15, 0.2) is 0 Å². The molecule has 0 unspecified atom stereocenters. The zero-order chi connectivity index (χ0) is 15.5. The van der Waals surface area contributed by atoms with E-state index in [1.807, 2.05) is 6.92 Å². The quantitative estimate of drug-likeness (QED) is 0.873. The van der Waals surface area contributed by atoms with Crippen molar-refractivity contribution in [1.29, 1.82) is 0 Å². The molecule has 0 heterocycles. The predicted octanol–water partition coefficient (Wildman–Crippen LogP) is 3.50. The Balaban J connectivity index is 2.06. The third-order valence-electron chi connectivity index (χ3n) is 4.12. The Bertz CT molecular complexity index is 550. The van der Waals surface area contributed by atoms with E-state index in [1.165, 1.54) is 6.07 Å². The average molecular weight is 293 g/mol. The van der Waals surface area contributed by atoms with E-state index in [9.17, 15) is 14.0 Å². The normalized spacial score (nSPS) is 16.7. The van der Waals surface area contributed by atoms with Crippen LogP contribution in [0.25, 0.3) is 0 Å². The van der Waals surface area contributed by atoms with Gasteiger partial charge >= 0.3 is 5.97 Å². The minimum atomic E-state index is -0.883. The molecule has 1 aromatic carbocycles. The van der Waals surface area contributed by atoms with Gasteiger partial charge in [-0.25, -0.2) is 4.39 Å². The molecule has 1 saturated carbocycles. The Morgan fingerprint density at radius 3 is 2.57 bits per heavy atom. The number of hydrogen-bond acceptors (Lipinski definition) is 2. The van der Waals surface area contributed by atoms with Crippen LogP contribution >= 0.6 is 0 Å². The number of amides is 1. The summed E-state index contributed by atoms with van der Waals surface area (Å²) < 4.78 is 13.6. The Kier molecular flexibility index (Phi) is 4.60. The monoisotopic (exact) mass is 293 g/mol. The molecule has 2 rings (SSSR count). The molecule has 2 N–H and O–H groups in total. The second kappa shape index (κ2) is 6.24. The first-order chi connectivity index (χ1) is 9.90. The van der Waals surface area contributed by atoms with Crippen LogP contribution in [0.1, 0.15) is 44.1 Å². The highest BCUT2D eigenvalue weighted by Gasteiger charge is 2.38. The highest BCUT2D eigenvalue weighted by atomic mass is 19.1. The molecule has 4 nitrogen and oxygen atoms in total. The van der Waals surface area contributed by atoms with Gasteiger partial charge in [-0.05, 0) is 42.9 Å². The lowest BCUT2D eigenvalue weighted by Gasteiger charge is -2.26. The van der Waals surface area contributed by atoms with Gasteiger partial charge in [-0.1, -0.05) is 18.9 Å². The Hall–Kier alpha value is -1.91. The van der Waals surface area contributed by atoms with Crippen molar-refractivity contribution < 1.29 is 19.1 Å². The predicted molar refractivity (Wildman–Crippen MR) is 77.5 cm³/mol. The van der Waals surface area contributed by atoms with Gasteiger partial charge in [-0.2, -0.15) is 0 Å². The van der Waals surface area contributed by atoms with Crippen molar-refractivity contribution in [2.24, 2.45) is 5.41 Å². The number of carbonyl (C=O) groups is 2. The standard InChI is InChI=1S/C16H20FNO3/c1-11-4-5-12(17)13(8-11)18-14(19)9-16(10-15(20)21)6-2-3-7-16/h4-5,8H,2-3,6-7,9-10H2,1H3,(H,18,19)(H,20,21). The van der Waals surface area contributed by atoms with Crippen LogP contribution < -0.4 is 5.32 Å². The zero-order valence-corrected chi connectivity index (χ0v) is 12.1. The van der Waals surface area contributed by atoms with E-state index in [4.69, 9.17) is 5.11 Å². The summed E-state index contributed by atoms with van der Waals surface area (Å²) in [5.74, 6) is -1.68. The summed E-state index contributed by atoms with van der Waals surface area (Å²) in [4.78, 5) is 23.2. The number of carboxylic acids is 1. The number of nitrogens with one attached hydrogen (secondary N) is 1. The van der Waals surface area contributed by atoms with Crippen LogP contribution in [0, 0.1) is 18.2 Å². The maximum absolute atomic E-state index is 13.6. The first kappa shape index (κ1) is 15.5. The second-order valence-corrected chi connectivity index (χ2v) is 5.99. The maximum Gasteiger partial charge on any atom is 0.303 e. The second-order valence-electron chi connectivity index (χ2n) is 5.99. The van der Waals surface area contributed by atoms with Crippen LogP contribution in [-0.2, 0) is 9.59 Å². The van der Waals surface area contributed by atoms with Crippen LogP contribution in [0.2, 0.25) is 0 Å². The van der Waals surface area contributed by atoms with E-state index in [0.29, 0.717) is 0 Å². The van der Waals surface area contributed by atoms with Crippen molar-refractivity contribution in [2.75, 3.05) is 5.32 Å². The van der Waals surface area contributed by atoms with Crippen LogP contribution in [0.4, 0.5) is 10.1 Å². The summed E-state index contributed by atoms with van der Waals surface area (Å²) >= 11 is 0. The highest BCUT2D eigenvalue weighted by molar-refractivity contribution is 5.91. The molecule has 1 amide bonds. The molecule has 1 fully saturated rings. The van der Waals surface area contributed by atoms with Gasteiger partial charge < -0.3 is 10.4 Å². The molecule has 0 aliphatic heterocycles. The van der Waals surface area contributed by atoms with E-state index in [2.05, 4.69) is 5.32 Å². The van der Waals surface area contributed by atoms with E-state index in [-0.39, 0.29) is 24.4 Å². The molecule has 0 saturated heterocycles. The molecule has 1 aliphatic rings. The molecule has 1 aromatic rings. The average Bonchev–Trinajstić information content (AvgIpc) is 2.80. The molecule has 114 valence electrons. The number of aliphatic carboxylic acids is 1. The van der Waals surface area contributed by atoms with E-state index >= 15 is 0 Å². The molecular formula is C16H20FNO3. The fourth-order valence-corrected chi connectivity index (χ4v) is 3.13. The number of rotatable bonds is 5. The van der Waals surface area contributed by atoms with Crippen LogP contribution in [0.15, 0.2) is 18.2 Å². The lowest BCUT2D eigenvalue weighted by atomic mass is 9.79. The molecule has 0 radical (unpaired) electrons. The molecule has 0 spiro atoms. The number of aryl methyl sites for hydroxylation is 1. The van der Waals surface area contributed by atoms with Gasteiger partial charge in [0.1, 0.15) is 5.82 Å². The van der Waals surface area contributed by atoms with Crippen LogP contribution in [0.5, 0.6) is 0 Å². The van der Waals surface area contributed by atoms with Gasteiger partial charge in [0, 0.05) is 6.42 Å². The first-order valence-electron chi connectivity index (χ1n) is 7.18. The number of carbonyl (C=O) groups excluding carboxylic acids is 1. The van der Waals surface area contributed by atoms with Gasteiger partial charge in [0.25, 0.3) is 0 Å². The van der Waals surface area contributed by atoms with Gasteiger partial charge in [0.05, 0.1) is 12.1 Å². The first-order valence-corrected chi connectivity index (χ1v) is 7.18. The number of halogens is 1. The van der Waals surface area contributed by atoms with Crippen molar-refractivity contribution in [3.63, 3.8) is 0 Å². The summed E-state index contributed by atoms with van der Waals surface area (Å²) in [7, 11) is 0. The van der Waals surface area contributed by atoms with Gasteiger partial charge in [-0.15, -0.1) is 0 Å². The Morgan fingerprint density at radius 2 is 1.95 bits per heavy atom. The third kappa shape index (κ3) is 4.03. The van der Waals surface area contributed by atoms with E-state index in [1.54, 1.807) is 12.1 Å². The number of carboxylic acid groups (broad SMARTS) is 1. The summed E-state index contributed by atoms with van der Waals surface area (Å²) in [6.07, 6.45) is 3.49. The molecule has 5 heteroatoms. The van der Waals surface area contributed by atoms with Crippen molar-refractivity contribution in [3.8, 4) is 0 Å². The minimum absolute atomic E-state index is 0.00325. The smallest absolute Gasteiger partial charge is 0.303 e. The molecule has 0 aromatic heterocycles. The molecule has 0 bridgehead atoms. The SMILES string of the molecule is Cc1ccc(F)c(NC(=O)CC2(CC(=O)O)CCCC2)c1. The van der Waals surface area contributed by atoms with Crippen LogP contribution in [-0.4, -0.2) is 17.0 Å². The summed E-state index contributed by atoms with van der Waals surface area (Å²) in [6.45, 7) is 1.82. The lowest BCUT2D eigenvalue weighted by Crippen LogP contribution is -2.28. The molecular weight excluding hydrogens is 273 g/mol. The third-order valence-corrected chi connectivity index (χ3v) is 4.12. The molecule has 21 heavy (non-hydrogen) atoms. The van der Waals surface area contributed by atoms with E-state index in [0.717, 1.165) is 31.2 Å². The molecule has 0 atom stereocenters. The largest absolute Gasteiger partial charge is 0.481 e.